The van der Waals surface area contributed by atoms with Gasteiger partial charge in [0.2, 0.25) is 11.8 Å². The third kappa shape index (κ3) is 3.80. The molecular formula is C26H30N4O4. The Kier molecular flexibility index (Phi) is 5.53. The first kappa shape index (κ1) is 22.7. The number of carbonyl (C=O) groups is 3. The van der Waals surface area contributed by atoms with Crippen LogP contribution in [0.25, 0.3) is 0 Å². The predicted octanol–water partition coefficient (Wildman–Crippen LogP) is 1.96. The smallest absolute Gasteiger partial charge is 0.256 e. The fourth-order valence-electron chi connectivity index (χ4n) is 5.54. The van der Waals surface area contributed by atoms with Crippen molar-refractivity contribution in [2.75, 3.05) is 13.1 Å². The highest BCUT2D eigenvalue weighted by Crippen LogP contribution is 2.46. The molecular weight excluding hydrogens is 432 g/mol. The fraction of sp³-hybridized carbons (Fsp3) is 0.462. The first-order chi connectivity index (χ1) is 16.2. The summed E-state index contributed by atoms with van der Waals surface area (Å²) in [5, 5.41) is 14.2. The lowest BCUT2D eigenvalue weighted by molar-refractivity contribution is -0.137. The molecule has 5 rings (SSSR count). The molecule has 0 saturated carbocycles. The van der Waals surface area contributed by atoms with Crippen LogP contribution >= 0.6 is 0 Å². The van der Waals surface area contributed by atoms with Gasteiger partial charge in [-0.1, -0.05) is 44.2 Å². The molecule has 2 saturated heterocycles. The Labute approximate surface area is 199 Å². The van der Waals surface area contributed by atoms with Gasteiger partial charge in [-0.05, 0) is 30.5 Å². The first-order valence-electron chi connectivity index (χ1n) is 11.8. The average Bonchev–Trinajstić information content (AvgIpc) is 3.12. The normalized spacial score (nSPS) is 27.0. The number of carbonyl (C=O) groups excluding carboxylic acids is 3. The monoisotopic (exact) mass is 462 g/mol. The number of pyridine rings is 1. The minimum atomic E-state index is -1.14. The van der Waals surface area contributed by atoms with Gasteiger partial charge in [-0.25, -0.2) is 0 Å². The van der Waals surface area contributed by atoms with Crippen molar-refractivity contribution >= 4 is 17.7 Å². The van der Waals surface area contributed by atoms with E-state index in [1.807, 2.05) is 18.2 Å². The van der Waals surface area contributed by atoms with Gasteiger partial charge in [0.05, 0.1) is 23.5 Å². The molecule has 3 aliphatic heterocycles. The summed E-state index contributed by atoms with van der Waals surface area (Å²) in [7, 11) is 0. The molecule has 4 heterocycles. The summed E-state index contributed by atoms with van der Waals surface area (Å²) in [6, 6.07) is 13.1. The molecule has 0 bridgehead atoms. The van der Waals surface area contributed by atoms with Gasteiger partial charge in [-0.3, -0.25) is 29.6 Å². The number of rotatable bonds is 4. The van der Waals surface area contributed by atoms with Crippen LogP contribution in [0.1, 0.15) is 60.4 Å². The standard InChI is InChI=1S/C26H30N4O4/c1-25(2)16-29(14-17-6-4-3-5-7-17)13-12-26(25,34)21-10-8-18-19(27-21)15-30(24(18)33)20-9-11-22(31)28-23(20)32/h3-8,10,20,34H,9,11-16H2,1-2H3,(H,28,31,32). The third-order valence-electron chi connectivity index (χ3n) is 7.57. The van der Waals surface area contributed by atoms with Crippen LogP contribution in [0, 0.1) is 5.41 Å². The lowest BCUT2D eigenvalue weighted by Crippen LogP contribution is -2.55. The van der Waals surface area contributed by atoms with Crippen molar-refractivity contribution < 1.29 is 19.5 Å². The number of aromatic nitrogens is 1. The summed E-state index contributed by atoms with van der Waals surface area (Å²) in [6.45, 7) is 6.57. The molecule has 2 N–H and O–H groups in total. The van der Waals surface area contributed by atoms with Crippen LogP contribution < -0.4 is 5.32 Å². The van der Waals surface area contributed by atoms with Crippen molar-refractivity contribution in [1.82, 2.24) is 20.1 Å². The number of amides is 3. The molecule has 1 aromatic heterocycles. The largest absolute Gasteiger partial charge is 0.383 e. The molecule has 3 aliphatic rings. The van der Waals surface area contributed by atoms with Gasteiger partial charge in [-0.15, -0.1) is 0 Å². The van der Waals surface area contributed by atoms with E-state index in [-0.39, 0.29) is 24.8 Å². The summed E-state index contributed by atoms with van der Waals surface area (Å²) in [5.74, 6) is -1.01. The van der Waals surface area contributed by atoms with E-state index >= 15 is 0 Å². The van der Waals surface area contributed by atoms with E-state index in [2.05, 4.69) is 36.2 Å². The second-order valence-corrected chi connectivity index (χ2v) is 10.3. The molecule has 8 nitrogen and oxygen atoms in total. The second kappa shape index (κ2) is 8.29. The average molecular weight is 463 g/mol. The number of hydrogen-bond acceptors (Lipinski definition) is 6. The number of hydrogen-bond donors (Lipinski definition) is 2. The molecule has 3 amide bonds. The van der Waals surface area contributed by atoms with Crippen molar-refractivity contribution in [3.63, 3.8) is 0 Å². The zero-order chi connectivity index (χ0) is 24.1. The van der Waals surface area contributed by atoms with Gasteiger partial charge in [0, 0.05) is 31.5 Å². The van der Waals surface area contributed by atoms with Gasteiger partial charge >= 0.3 is 0 Å². The van der Waals surface area contributed by atoms with Crippen molar-refractivity contribution in [1.29, 1.82) is 0 Å². The summed E-state index contributed by atoms with van der Waals surface area (Å²) in [4.78, 5) is 45.4. The van der Waals surface area contributed by atoms with Crippen LogP contribution in [0.15, 0.2) is 42.5 Å². The minimum Gasteiger partial charge on any atom is -0.383 e. The minimum absolute atomic E-state index is 0.199. The third-order valence-corrected chi connectivity index (χ3v) is 7.57. The number of likely N-dealkylation sites (tertiary alicyclic amines) is 1. The molecule has 0 spiro atoms. The van der Waals surface area contributed by atoms with E-state index in [1.54, 1.807) is 12.1 Å². The van der Waals surface area contributed by atoms with Gasteiger partial charge in [0.1, 0.15) is 11.6 Å². The maximum atomic E-state index is 13.0. The van der Waals surface area contributed by atoms with Gasteiger partial charge in [0.25, 0.3) is 5.91 Å². The summed E-state index contributed by atoms with van der Waals surface area (Å²) in [5.41, 5.74) is 1.23. The Hall–Kier alpha value is -3.10. The Balaban J connectivity index is 1.35. The van der Waals surface area contributed by atoms with E-state index in [0.29, 0.717) is 36.3 Å². The number of aliphatic hydroxyl groups is 1. The highest BCUT2D eigenvalue weighted by Gasteiger charge is 2.50. The summed E-state index contributed by atoms with van der Waals surface area (Å²) >= 11 is 0. The van der Waals surface area contributed by atoms with Crippen molar-refractivity contribution in [2.24, 2.45) is 5.41 Å². The van der Waals surface area contributed by atoms with Crippen molar-refractivity contribution in [2.45, 2.75) is 57.8 Å². The van der Waals surface area contributed by atoms with E-state index in [4.69, 9.17) is 4.98 Å². The van der Waals surface area contributed by atoms with E-state index in [0.717, 1.165) is 13.1 Å². The molecule has 2 aromatic rings. The quantitative estimate of drug-likeness (QED) is 0.674. The maximum Gasteiger partial charge on any atom is 0.256 e. The molecule has 8 heteroatoms. The van der Waals surface area contributed by atoms with E-state index < -0.39 is 23.0 Å². The number of nitrogens with one attached hydrogen (secondary N) is 1. The van der Waals surface area contributed by atoms with Crippen molar-refractivity contribution in [3.05, 3.63) is 65.0 Å². The molecule has 2 atom stereocenters. The topological polar surface area (TPSA) is 103 Å². The number of benzene rings is 1. The molecule has 2 unspecified atom stereocenters. The van der Waals surface area contributed by atoms with Crippen LogP contribution in [-0.4, -0.2) is 56.7 Å². The van der Waals surface area contributed by atoms with Crippen LogP contribution in [-0.2, 0) is 28.3 Å². The maximum absolute atomic E-state index is 13.0. The van der Waals surface area contributed by atoms with Gasteiger partial charge < -0.3 is 10.0 Å². The predicted molar refractivity (Wildman–Crippen MR) is 124 cm³/mol. The van der Waals surface area contributed by atoms with Gasteiger partial charge in [-0.2, -0.15) is 0 Å². The zero-order valence-electron chi connectivity index (χ0n) is 19.6. The molecule has 0 radical (unpaired) electrons. The molecule has 0 aliphatic carbocycles. The highest BCUT2D eigenvalue weighted by atomic mass is 16.3. The lowest BCUT2D eigenvalue weighted by atomic mass is 9.68. The SMILES string of the molecule is CC1(C)CN(Cc2ccccc2)CCC1(O)c1ccc2c(n1)CN(C1CCC(=O)NC1=O)C2=O. The Morgan fingerprint density at radius 3 is 2.59 bits per heavy atom. The number of nitrogens with zero attached hydrogens (tertiary/aromatic N) is 3. The Bertz CT molecular complexity index is 1150. The lowest BCUT2D eigenvalue weighted by Gasteiger charge is -2.50. The molecule has 34 heavy (non-hydrogen) atoms. The second-order valence-electron chi connectivity index (χ2n) is 10.3. The van der Waals surface area contributed by atoms with Crippen LogP contribution in [0.2, 0.25) is 0 Å². The number of imide groups is 1. The Morgan fingerprint density at radius 1 is 1.12 bits per heavy atom. The summed E-state index contributed by atoms with van der Waals surface area (Å²) in [6.07, 6.45) is 1.05. The summed E-state index contributed by atoms with van der Waals surface area (Å²) < 4.78 is 0. The van der Waals surface area contributed by atoms with Crippen LogP contribution in [0.5, 0.6) is 0 Å². The zero-order valence-corrected chi connectivity index (χ0v) is 19.6. The number of piperidine rings is 2. The van der Waals surface area contributed by atoms with Crippen LogP contribution in [0.4, 0.5) is 0 Å². The van der Waals surface area contributed by atoms with Crippen LogP contribution in [0.3, 0.4) is 0 Å². The number of fused-ring (bicyclic) bond motifs is 1. The highest BCUT2D eigenvalue weighted by molar-refractivity contribution is 6.05. The fourth-order valence-corrected chi connectivity index (χ4v) is 5.54. The first-order valence-corrected chi connectivity index (χ1v) is 11.8. The molecule has 1 aromatic carbocycles. The van der Waals surface area contributed by atoms with E-state index in [9.17, 15) is 19.5 Å². The molecule has 178 valence electrons. The van der Waals surface area contributed by atoms with E-state index in [1.165, 1.54) is 10.5 Å². The Morgan fingerprint density at radius 2 is 1.88 bits per heavy atom. The molecule has 2 fully saturated rings. The van der Waals surface area contributed by atoms with Gasteiger partial charge in [0.15, 0.2) is 0 Å². The van der Waals surface area contributed by atoms with Crippen molar-refractivity contribution in [3.8, 4) is 0 Å².